The minimum atomic E-state index is -2.95. The fraction of sp³-hybridized carbons (Fsp3) is 0.500. The van der Waals surface area contributed by atoms with Crippen LogP contribution in [0.3, 0.4) is 0 Å². The van der Waals surface area contributed by atoms with E-state index in [1.54, 1.807) is 0 Å². The molecule has 0 radical (unpaired) electrons. The Bertz CT molecular complexity index is 450. The standard InChI is InChI=1S/C10H12O11/c11-4(1-5(12)13)8(18)21-10(9(19)20,2-6(14)15)3-7(16)17/h4,11H,1-3H2,(H,12,13)(H,14,15)(H,16,17)(H,19,20)/t4-/m1/s1. The van der Waals surface area contributed by atoms with Gasteiger partial charge in [0, 0.05) is 0 Å². The summed E-state index contributed by atoms with van der Waals surface area (Å²) >= 11 is 0. The molecule has 0 fully saturated rings. The van der Waals surface area contributed by atoms with E-state index < -0.39 is 60.8 Å². The van der Waals surface area contributed by atoms with E-state index in [2.05, 4.69) is 4.74 Å². The van der Waals surface area contributed by atoms with Crippen LogP contribution in [-0.4, -0.2) is 67.1 Å². The Labute approximate surface area is 116 Å². The molecule has 0 heterocycles. The molecule has 11 heteroatoms. The molecule has 0 aromatic heterocycles. The van der Waals surface area contributed by atoms with Crippen LogP contribution in [0.2, 0.25) is 0 Å². The SMILES string of the molecule is O=C(O)C[C@@H](O)C(=O)OC(CC(=O)O)(CC(=O)O)C(=O)O. The monoisotopic (exact) mass is 308 g/mol. The molecular formula is C10H12O11. The summed E-state index contributed by atoms with van der Waals surface area (Å²) in [6.45, 7) is 0. The number of aliphatic carboxylic acids is 4. The van der Waals surface area contributed by atoms with Gasteiger partial charge in [0.15, 0.2) is 6.10 Å². The van der Waals surface area contributed by atoms with Crippen LogP contribution in [0.1, 0.15) is 19.3 Å². The van der Waals surface area contributed by atoms with Gasteiger partial charge in [-0.2, -0.15) is 0 Å². The summed E-state index contributed by atoms with van der Waals surface area (Å²) in [6, 6.07) is 0. The number of ether oxygens (including phenoxy) is 1. The highest BCUT2D eigenvalue weighted by atomic mass is 16.6. The molecule has 0 aromatic carbocycles. The van der Waals surface area contributed by atoms with E-state index >= 15 is 0 Å². The first-order chi connectivity index (χ1) is 9.50. The Morgan fingerprint density at radius 3 is 1.57 bits per heavy atom. The summed E-state index contributed by atoms with van der Waals surface area (Å²) in [7, 11) is 0. The molecule has 0 unspecified atom stereocenters. The van der Waals surface area contributed by atoms with Crippen molar-refractivity contribution in [3.63, 3.8) is 0 Å². The maximum atomic E-state index is 11.4. The van der Waals surface area contributed by atoms with E-state index in [0.29, 0.717) is 0 Å². The fourth-order valence-corrected chi connectivity index (χ4v) is 1.33. The van der Waals surface area contributed by atoms with E-state index in [-0.39, 0.29) is 0 Å². The fourth-order valence-electron chi connectivity index (χ4n) is 1.33. The van der Waals surface area contributed by atoms with Crippen LogP contribution in [0, 0.1) is 0 Å². The van der Waals surface area contributed by atoms with Crippen LogP contribution in [0.5, 0.6) is 0 Å². The summed E-state index contributed by atoms with van der Waals surface area (Å²) in [5, 5.41) is 43.7. The predicted molar refractivity (Wildman–Crippen MR) is 59.2 cm³/mol. The predicted octanol–water partition coefficient (Wildman–Crippen LogP) is -1.86. The molecule has 0 aliphatic heterocycles. The van der Waals surface area contributed by atoms with Crippen molar-refractivity contribution in [2.24, 2.45) is 0 Å². The first-order valence-electron chi connectivity index (χ1n) is 5.30. The van der Waals surface area contributed by atoms with Gasteiger partial charge < -0.3 is 30.3 Å². The molecule has 1 atom stereocenters. The number of rotatable bonds is 9. The molecule has 118 valence electrons. The van der Waals surface area contributed by atoms with Crippen molar-refractivity contribution in [2.45, 2.75) is 31.0 Å². The number of esters is 1. The minimum absolute atomic E-state index is 1.12. The zero-order valence-corrected chi connectivity index (χ0v) is 10.4. The summed E-state index contributed by atoms with van der Waals surface area (Å²) in [6.07, 6.45) is -6.13. The topological polar surface area (TPSA) is 196 Å². The summed E-state index contributed by atoms with van der Waals surface area (Å²) in [5.41, 5.74) is -2.95. The van der Waals surface area contributed by atoms with Crippen molar-refractivity contribution in [1.82, 2.24) is 0 Å². The van der Waals surface area contributed by atoms with Crippen LogP contribution >= 0.6 is 0 Å². The van der Waals surface area contributed by atoms with E-state index in [0.717, 1.165) is 0 Å². The normalized spacial score (nSPS) is 12.2. The number of carboxylic acids is 4. The minimum Gasteiger partial charge on any atom is -0.481 e. The highest BCUT2D eigenvalue weighted by Crippen LogP contribution is 2.23. The molecule has 11 nitrogen and oxygen atoms in total. The van der Waals surface area contributed by atoms with Gasteiger partial charge in [0.2, 0.25) is 5.60 Å². The third kappa shape index (κ3) is 5.86. The molecule has 0 aliphatic carbocycles. The molecule has 0 bridgehead atoms. The third-order valence-electron chi connectivity index (χ3n) is 2.20. The van der Waals surface area contributed by atoms with Crippen LogP contribution in [0.25, 0.3) is 0 Å². The van der Waals surface area contributed by atoms with Crippen molar-refractivity contribution in [3.8, 4) is 0 Å². The van der Waals surface area contributed by atoms with Gasteiger partial charge in [-0.1, -0.05) is 0 Å². The van der Waals surface area contributed by atoms with Crippen LogP contribution in [0.15, 0.2) is 0 Å². The third-order valence-corrected chi connectivity index (χ3v) is 2.20. The first kappa shape index (κ1) is 18.3. The lowest BCUT2D eigenvalue weighted by Gasteiger charge is -2.27. The molecule has 5 N–H and O–H groups in total. The average Bonchev–Trinajstić information content (AvgIpc) is 2.25. The maximum absolute atomic E-state index is 11.4. The highest BCUT2D eigenvalue weighted by Gasteiger charge is 2.48. The van der Waals surface area contributed by atoms with E-state index in [9.17, 15) is 24.0 Å². The first-order valence-corrected chi connectivity index (χ1v) is 5.30. The van der Waals surface area contributed by atoms with E-state index in [1.807, 2.05) is 0 Å². The molecule has 0 saturated heterocycles. The lowest BCUT2D eigenvalue weighted by molar-refractivity contribution is -0.191. The quantitative estimate of drug-likeness (QED) is 0.299. The van der Waals surface area contributed by atoms with Crippen molar-refractivity contribution < 1.29 is 54.2 Å². The molecule has 0 rings (SSSR count). The molecule has 0 aliphatic rings. The smallest absolute Gasteiger partial charge is 0.349 e. The second-order valence-electron chi connectivity index (χ2n) is 3.98. The zero-order valence-electron chi connectivity index (χ0n) is 10.4. The summed E-state index contributed by atoms with van der Waals surface area (Å²) in [5.74, 6) is -8.93. The Balaban J connectivity index is 5.33. The van der Waals surface area contributed by atoms with Crippen molar-refractivity contribution >= 4 is 29.8 Å². The highest BCUT2D eigenvalue weighted by molar-refractivity contribution is 5.91. The van der Waals surface area contributed by atoms with Gasteiger partial charge in [0.05, 0.1) is 19.3 Å². The molecule has 0 aromatic rings. The van der Waals surface area contributed by atoms with Crippen LogP contribution in [-0.2, 0) is 28.7 Å². The van der Waals surface area contributed by atoms with E-state index in [4.69, 9.17) is 25.5 Å². The molecule has 21 heavy (non-hydrogen) atoms. The van der Waals surface area contributed by atoms with Crippen molar-refractivity contribution in [2.75, 3.05) is 0 Å². The van der Waals surface area contributed by atoms with Crippen LogP contribution < -0.4 is 0 Å². The Hall–Kier alpha value is -2.69. The zero-order chi connectivity index (χ0) is 16.8. The lowest BCUT2D eigenvalue weighted by Crippen LogP contribution is -2.48. The van der Waals surface area contributed by atoms with Gasteiger partial charge in [-0.3, -0.25) is 14.4 Å². The molecule has 0 saturated carbocycles. The van der Waals surface area contributed by atoms with Gasteiger partial charge in [0.25, 0.3) is 0 Å². The average molecular weight is 308 g/mol. The molecule has 0 spiro atoms. The Kier molecular flexibility index (Phi) is 6.27. The number of carboxylic acid groups (broad SMARTS) is 4. The van der Waals surface area contributed by atoms with Gasteiger partial charge >= 0.3 is 29.8 Å². The molecular weight excluding hydrogens is 296 g/mol. The number of carbonyl (C=O) groups excluding carboxylic acids is 1. The number of hydrogen-bond donors (Lipinski definition) is 5. The van der Waals surface area contributed by atoms with Gasteiger partial charge in [-0.15, -0.1) is 0 Å². The largest absolute Gasteiger partial charge is 0.481 e. The molecule has 0 amide bonds. The van der Waals surface area contributed by atoms with Crippen molar-refractivity contribution in [1.29, 1.82) is 0 Å². The lowest BCUT2D eigenvalue weighted by atomic mass is 9.95. The van der Waals surface area contributed by atoms with Gasteiger partial charge in [-0.25, -0.2) is 9.59 Å². The Morgan fingerprint density at radius 2 is 1.29 bits per heavy atom. The summed E-state index contributed by atoms with van der Waals surface area (Å²) < 4.78 is 4.27. The second-order valence-corrected chi connectivity index (χ2v) is 3.98. The van der Waals surface area contributed by atoms with Gasteiger partial charge in [0.1, 0.15) is 0 Å². The maximum Gasteiger partial charge on any atom is 0.349 e. The second kappa shape index (κ2) is 7.19. The van der Waals surface area contributed by atoms with E-state index in [1.165, 1.54) is 0 Å². The number of carbonyl (C=O) groups is 5. The van der Waals surface area contributed by atoms with Gasteiger partial charge in [-0.05, 0) is 0 Å². The Morgan fingerprint density at radius 1 is 0.857 bits per heavy atom. The summed E-state index contributed by atoms with van der Waals surface area (Å²) in [4.78, 5) is 54.0. The number of aliphatic hydroxyl groups is 1. The van der Waals surface area contributed by atoms with Crippen LogP contribution in [0.4, 0.5) is 0 Å². The number of aliphatic hydroxyl groups excluding tert-OH is 1. The van der Waals surface area contributed by atoms with Crippen molar-refractivity contribution in [3.05, 3.63) is 0 Å². The number of hydrogen-bond acceptors (Lipinski definition) is 7.